The summed E-state index contributed by atoms with van der Waals surface area (Å²) in [5.74, 6) is -1.13. The lowest BCUT2D eigenvalue weighted by molar-refractivity contribution is 0.0691. The van der Waals surface area contributed by atoms with Crippen molar-refractivity contribution in [2.75, 3.05) is 0 Å². The molecule has 0 spiro atoms. The normalized spacial score (nSPS) is 11.0. The van der Waals surface area contributed by atoms with E-state index in [1.54, 1.807) is 0 Å². The molecule has 0 saturated heterocycles. The number of alkyl halides is 2. The van der Waals surface area contributed by atoms with Crippen LogP contribution in [-0.2, 0) is 6.54 Å². The van der Waals surface area contributed by atoms with E-state index in [9.17, 15) is 13.6 Å². The molecule has 2 aromatic heterocycles. The molecule has 0 atom stereocenters. The first-order chi connectivity index (χ1) is 8.06. The Morgan fingerprint density at radius 2 is 2.35 bits per heavy atom. The molecule has 0 bridgehead atoms. The molecule has 0 amide bonds. The van der Waals surface area contributed by atoms with Crippen LogP contribution in [0.3, 0.4) is 0 Å². The molecule has 0 aromatic carbocycles. The van der Waals surface area contributed by atoms with Gasteiger partial charge >= 0.3 is 5.97 Å². The summed E-state index contributed by atoms with van der Waals surface area (Å²) >= 11 is 1.11. The lowest BCUT2D eigenvalue weighted by atomic mass is 10.4. The minimum atomic E-state index is -2.48. The van der Waals surface area contributed by atoms with Gasteiger partial charge in [0.25, 0.3) is 6.43 Å². The van der Waals surface area contributed by atoms with Gasteiger partial charge in [-0.15, -0.1) is 11.3 Å². The maximum atomic E-state index is 12.1. The summed E-state index contributed by atoms with van der Waals surface area (Å²) in [6.45, 7) is -0.489. The van der Waals surface area contributed by atoms with Gasteiger partial charge in [-0.1, -0.05) is 0 Å². The van der Waals surface area contributed by atoms with Crippen LogP contribution in [0.2, 0.25) is 0 Å². The van der Waals surface area contributed by atoms with Gasteiger partial charge in [-0.25, -0.2) is 18.6 Å². The number of rotatable bonds is 4. The van der Waals surface area contributed by atoms with E-state index in [0.29, 0.717) is 10.7 Å². The number of carboxylic acid groups (broad SMARTS) is 1. The molecule has 0 aliphatic rings. The Balaban J connectivity index is 2.21. The van der Waals surface area contributed by atoms with Crippen molar-refractivity contribution in [2.45, 2.75) is 13.0 Å². The summed E-state index contributed by atoms with van der Waals surface area (Å²) < 4.78 is 25.3. The van der Waals surface area contributed by atoms with Gasteiger partial charge in [-0.3, -0.25) is 4.68 Å². The van der Waals surface area contributed by atoms with Gasteiger partial charge in [0.05, 0.1) is 0 Å². The molecule has 0 aliphatic heterocycles. The number of thiazole rings is 1. The zero-order chi connectivity index (χ0) is 12.4. The summed E-state index contributed by atoms with van der Waals surface area (Å²) in [7, 11) is 0. The van der Waals surface area contributed by atoms with Crippen LogP contribution in [0.5, 0.6) is 0 Å². The highest BCUT2D eigenvalue weighted by Gasteiger charge is 2.13. The Labute approximate surface area is 98.3 Å². The first-order valence-corrected chi connectivity index (χ1v) is 5.45. The minimum absolute atomic E-state index is 0.0755. The SMILES string of the molecule is O=C(O)c1csc(-c2ccn(CC(F)F)n2)n1. The zero-order valence-electron chi connectivity index (χ0n) is 8.38. The largest absolute Gasteiger partial charge is 0.476 e. The second-order valence-electron chi connectivity index (χ2n) is 3.16. The molecule has 0 unspecified atom stereocenters. The Kier molecular flexibility index (Phi) is 3.14. The number of nitrogens with zero attached hydrogens (tertiary/aromatic N) is 3. The number of carbonyl (C=O) groups is 1. The Hall–Kier alpha value is -1.83. The number of carboxylic acids is 1. The predicted molar refractivity (Wildman–Crippen MR) is 56.3 cm³/mol. The summed E-state index contributed by atoms with van der Waals surface area (Å²) in [6, 6.07) is 1.52. The molecular formula is C9H7F2N3O2S. The van der Waals surface area contributed by atoms with Gasteiger partial charge in [0.2, 0.25) is 0 Å². The predicted octanol–water partition coefficient (Wildman–Crippen LogP) is 1.97. The Bertz CT molecular complexity index is 538. The van der Waals surface area contributed by atoms with Crippen molar-refractivity contribution in [3.05, 3.63) is 23.3 Å². The van der Waals surface area contributed by atoms with Crippen LogP contribution in [0.25, 0.3) is 10.7 Å². The first-order valence-electron chi connectivity index (χ1n) is 4.57. The fourth-order valence-corrected chi connectivity index (χ4v) is 1.97. The Morgan fingerprint density at radius 3 is 2.94 bits per heavy atom. The average Bonchev–Trinajstić information content (AvgIpc) is 2.83. The topological polar surface area (TPSA) is 68.0 Å². The molecule has 0 saturated carbocycles. The molecule has 90 valence electrons. The highest BCUT2D eigenvalue weighted by atomic mass is 32.1. The molecule has 1 N–H and O–H groups in total. The van der Waals surface area contributed by atoms with Crippen LogP contribution < -0.4 is 0 Å². The smallest absolute Gasteiger partial charge is 0.355 e. The standard InChI is InChI=1S/C9H7F2N3O2S/c10-7(11)3-14-2-1-5(13-14)8-12-6(4-17-8)9(15)16/h1-2,4,7H,3H2,(H,15,16). The van der Waals surface area contributed by atoms with Crippen molar-refractivity contribution >= 4 is 17.3 Å². The van der Waals surface area contributed by atoms with E-state index in [2.05, 4.69) is 10.1 Å². The van der Waals surface area contributed by atoms with E-state index in [-0.39, 0.29) is 5.69 Å². The molecule has 0 fully saturated rings. The van der Waals surface area contributed by atoms with Gasteiger partial charge in [0.15, 0.2) is 5.69 Å². The fourth-order valence-electron chi connectivity index (χ4n) is 1.21. The lowest BCUT2D eigenvalue weighted by Crippen LogP contribution is -2.06. The van der Waals surface area contributed by atoms with Crippen LogP contribution in [-0.4, -0.2) is 32.3 Å². The fraction of sp³-hybridized carbons (Fsp3) is 0.222. The van der Waals surface area contributed by atoms with Gasteiger partial charge in [-0.2, -0.15) is 5.10 Å². The molecule has 0 radical (unpaired) electrons. The number of aromatic nitrogens is 3. The van der Waals surface area contributed by atoms with Crippen molar-refractivity contribution in [2.24, 2.45) is 0 Å². The third-order valence-electron chi connectivity index (χ3n) is 1.91. The Morgan fingerprint density at radius 1 is 1.59 bits per heavy atom. The van der Waals surface area contributed by atoms with Crippen molar-refractivity contribution in [3.63, 3.8) is 0 Å². The van der Waals surface area contributed by atoms with E-state index in [4.69, 9.17) is 5.11 Å². The second-order valence-corrected chi connectivity index (χ2v) is 4.02. The highest BCUT2D eigenvalue weighted by molar-refractivity contribution is 7.13. The van der Waals surface area contributed by atoms with E-state index in [1.165, 1.54) is 17.6 Å². The third kappa shape index (κ3) is 2.64. The van der Waals surface area contributed by atoms with Gasteiger partial charge in [-0.05, 0) is 6.07 Å². The summed E-state index contributed by atoms with van der Waals surface area (Å²) in [6.07, 6.45) is -1.07. The molecule has 17 heavy (non-hydrogen) atoms. The molecule has 5 nitrogen and oxygen atoms in total. The molecule has 2 rings (SSSR count). The molecular weight excluding hydrogens is 252 g/mol. The van der Waals surface area contributed by atoms with Crippen LogP contribution in [0, 0.1) is 0 Å². The molecule has 2 heterocycles. The summed E-state index contributed by atoms with van der Waals surface area (Å²) in [5.41, 5.74) is 0.316. The van der Waals surface area contributed by atoms with Gasteiger partial charge in [0, 0.05) is 11.6 Å². The summed E-state index contributed by atoms with van der Waals surface area (Å²) in [5, 5.41) is 14.4. The second kappa shape index (κ2) is 4.58. The van der Waals surface area contributed by atoms with Crippen LogP contribution in [0.4, 0.5) is 8.78 Å². The molecule has 2 aromatic rings. The maximum Gasteiger partial charge on any atom is 0.355 e. The first kappa shape index (κ1) is 11.6. The van der Waals surface area contributed by atoms with E-state index >= 15 is 0 Å². The lowest BCUT2D eigenvalue weighted by Gasteiger charge is -1.97. The minimum Gasteiger partial charge on any atom is -0.476 e. The number of aromatic carboxylic acids is 1. The molecule has 8 heteroatoms. The van der Waals surface area contributed by atoms with Crippen molar-refractivity contribution in [1.29, 1.82) is 0 Å². The summed E-state index contributed by atoms with van der Waals surface area (Å²) in [4.78, 5) is 14.4. The number of hydrogen-bond acceptors (Lipinski definition) is 4. The number of halogens is 2. The van der Waals surface area contributed by atoms with Crippen LogP contribution in [0.15, 0.2) is 17.6 Å². The zero-order valence-corrected chi connectivity index (χ0v) is 9.19. The van der Waals surface area contributed by atoms with E-state index in [0.717, 1.165) is 16.0 Å². The number of hydrogen-bond donors (Lipinski definition) is 1. The van der Waals surface area contributed by atoms with Gasteiger partial charge in [0.1, 0.15) is 17.2 Å². The average molecular weight is 259 g/mol. The van der Waals surface area contributed by atoms with Crippen molar-refractivity contribution in [3.8, 4) is 10.7 Å². The van der Waals surface area contributed by atoms with E-state index < -0.39 is 18.9 Å². The van der Waals surface area contributed by atoms with Crippen LogP contribution >= 0.6 is 11.3 Å². The highest BCUT2D eigenvalue weighted by Crippen LogP contribution is 2.21. The van der Waals surface area contributed by atoms with Gasteiger partial charge < -0.3 is 5.11 Å². The van der Waals surface area contributed by atoms with Crippen molar-refractivity contribution in [1.82, 2.24) is 14.8 Å². The molecule has 0 aliphatic carbocycles. The quantitative estimate of drug-likeness (QED) is 0.911. The monoisotopic (exact) mass is 259 g/mol. The maximum absolute atomic E-state index is 12.1. The van der Waals surface area contributed by atoms with Crippen molar-refractivity contribution < 1.29 is 18.7 Å². The third-order valence-corrected chi connectivity index (χ3v) is 2.77. The van der Waals surface area contributed by atoms with Crippen LogP contribution in [0.1, 0.15) is 10.5 Å². The van der Waals surface area contributed by atoms with E-state index in [1.807, 2.05) is 0 Å².